The highest BCUT2D eigenvalue weighted by molar-refractivity contribution is 5.40. The van der Waals surface area contributed by atoms with Crippen molar-refractivity contribution in [2.75, 3.05) is 13.1 Å². The molecule has 1 aromatic rings. The molecular formula is C14H18N2. The van der Waals surface area contributed by atoms with Gasteiger partial charge in [0.2, 0.25) is 0 Å². The van der Waals surface area contributed by atoms with E-state index in [0.29, 0.717) is 12.3 Å². The second-order valence-corrected chi connectivity index (χ2v) is 4.42. The first-order chi connectivity index (χ1) is 7.92. The molecule has 2 nitrogen and oxygen atoms in total. The van der Waals surface area contributed by atoms with Gasteiger partial charge in [0.1, 0.15) is 0 Å². The first-order valence-electron chi connectivity index (χ1n) is 6.07. The lowest BCUT2D eigenvalue weighted by Crippen LogP contribution is -2.29. The van der Waals surface area contributed by atoms with Gasteiger partial charge in [0.15, 0.2) is 0 Å². The van der Waals surface area contributed by atoms with Crippen molar-refractivity contribution in [2.24, 2.45) is 0 Å². The molecule has 0 radical (unpaired) electrons. The van der Waals surface area contributed by atoms with Crippen LogP contribution in [-0.2, 0) is 6.42 Å². The van der Waals surface area contributed by atoms with E-state index in [1.54, 1.807) is 0 Å². The number of rotatable bonds is 6. The van der Waals surface area contributed by atoms with Crippen LogP contribution < -0.4 is 5.32 Å². The molecule has 2 heteroatoms. The van der Waals surface area contributed by atoms with Gasteiger partial charge in [0.05, 0.1) is 6.07 Å². The Bertz CT molecular complexity index is 379. The highest BCUT2D eigenvalue weighted by atomic mass is 14.9. The van der Waals surface area contributed by atoms with E-state index in [-0.39, 0.29) is 0 Å². The molecule has 0 aliphatic heterocycles. The molecule has 1 atom stereocenters. The van der Waals surface area contributed by atoms with Gasteiger partial charge in [-0.3, -0.25) is 0 Å². The molecule has 0 bridgehead atoms. The van der Waals surface area contributed by atoms with Crippen LogP contribution in [0, 0.1) is 11.3 Å². The van der Waals surface area contributed by atoms with Gasteiger partial charge in [0.25, 0.3) is 0 Å². The quantitative estimate of drug-likeness (QED) is 0.739. The summed E-state index contributed by atoms with van der Waals surface area (Å²) in [7, 11) is 0. The fourth-order valence-corrected chi connectivity index (χ4v) is 2.28. The van der Waals surface area contributed by atoms with E-state index in [2.05, 4.69) is 35.7 Å². The molecule has 0 saturated carbocycles. The van der Waals surface area contributed by atoms with Crippen LogP contribution in [0.4, 0.5) is 0 Å². The number of fused-ring (bicyclic) bond motifs is 1. The minimum atomic E-state index is 0.688. The van der Waals surface area contributed by atoms with E-state index >= 15 is 0 Å². The number of nitrogens with one attached hydrogen (secondary N) is 1. The molecule has 1 aliphatic rings. The molecule has 0 fully saturated rings. The van der Waals surface area contributed by atoms with Gasteiger partial charge in [-0.1, -0.05) is 24.3 Å². The summed E-state index contributed by atoms with van der Waals surface area (Å²) in [5.41, 5.74) is 3.03. The van der Waals surface area contributed by atoms with Crippen molar-refractivity contribution in [2.45, 2.75) is 31.6 Å². The summed E-state index contributed by atoms with van der Waals surface area (Å²) >= 11 is 0. The lowest BCUT2D eigenvalue weighted by molar-refractivity contribution is 0.524. The van der Waals surface area contributed by atoms with Gasteiger partial charge < -0.3 is 5.32 Å². The molecule has 1 aliphatic carbocycles. The van der Waals surface area contributed by atoms with Crippen molar-refractivity contribution in [3.05, 3.63) is 35.4 Å². The highest BCUT2D eigenvalue weighted by Crippen LogP contribution is 2.33. The number of hydrogen-bond donors (Lipinski definition) is 1. The lowest BCUT2D eigenvalue weighted by atomic mass is 9.77. The van der Waals surface area contributed by atoms with Gasteiger partial charge in [-0.25, -0.2) is 0 Å². The van der Waals surface area contributed by atoms with Crippen LogP contribution in [0.1, 0.15) is 36.3 Å². The van der Waals surface area contributed by atoms with E-state index in [4.69, 9.17) is 5.26 Å². The summed E-state index contributed by atoms with van der Waals surface area (Å²) in [4.78, 5) is 0. The predicted octanol–water partition coefficient (Wildman–Crippen LogP) is 2.61. The Morgan fingerprint density at radius 2 is 2.19 bits per heavy atom. The summed E-state index contributed by atoms with van der Waals surface area (Å²) < 4.78 is 0. The van der Waals surface area contributed by atoms with Gasteiger partial charge in [0, 0.05) is 18.9 Å². The van der Waals surface area contributed by atoms with Crippen molar-refractivity contribution in [1.29, 1.82) is 5.26 Å². The van der Waals surface area contributed by atoms with Crippen LogP contribution in [0.25, 0.3) is 0 Å². The number of nitriles is 1. The van der Waals surface area contributed by atoms with E-state index in [0.717, 1.165) is 25.9 Å². The molecular weight excluding hydrogens is 196 g/mol. The van der Waals surface area contributed by atoms with Crippen molar-refractivity contribution >= 4 is 0 Å². The molecule has 1 aromatic carbocycles. The SMILES string of the molecule is N#CCCCCNCC1Cc2ccccc21. The maximum atomic E-state index is 8.40. The number of hydrogen-bond acceptors (Lipinski definition) is 2. The Balaban J connectivity index is 1.61. The number of nitrogens with zero attached hydrogens (tertiary/aromatic N) is 1. The molecule has 1 N–H and O–H groups in total. The molecule has 0 heterocycles. The fraction of sp³-hybridized carbons (Fsp3) is 0.500. The minimum Gasteiger partial charge on any atom is -0.316 e. The van der Waals surface area contributed by atoms with Gasteiger partial charge in [-0.15, -0.1) is 0 Å². The zero-order valence-corrected chi connectivity index (χ0v) is 9.58. The molecule has 0 amide bonds. The Hall–Kier alpha value is -1.33. The van der Waals surface area contributed by atoms with Crippen LogP contribution in [0.3, 0.4) is 0 Å². The Morgan fingerprint density at radius 3 is 3.00 bits per heavy atom. The number of unbranched alkanes of at least 4 members (excludes halogenated alkanes) is 2. The second-order valence-electron chi connectivity index (χ2n) is 4.42. The third kappa shape index (κ3) is 2.62. The largest absolute Gasteiger partial charge is 0.316 e. The normalized spacial score (nSPS) is 17.3. The first kappa shape index (κ1) is 11.2. The summed E-state index contributed by atoms with van der Waals surface area (Å²) in [6.07, 6.45) is 4.04. The monoisotopic (exact) mass is 214 g/mol. The van der Waals surface area contributed by atoms with E-state index < -0.39 is 0 Å². The highest BCUT2D eigenvalue weighted by Gasteiger charge is 2.24. The average Bonchev–Trinajstić information content (AvgIpc) is 2.28. The standard InChI is InChI=1S/C14H18N2/c15-8-4-1-5-9-16-11-13-10-12-6-2-3-7-14(12)13/h2-3,6-7,13,16H,1,4-5,9-11H2. The van der Waals surface area contributed by atoms with Gasteiger partial charge in [-0.2, -0.15) is 5.26 Å². The third-order valence-corrected chi connectivity index (χ3v) is 3.24. The van der Waals surface area contributed by atoms with Crippen molar-refractivity contribution in [1.82, 2.24) is 5.32 Å². The number of benzene rings is 1. The zero-order valence-electron chi connectivity index (χ0n) is 9.58. The minimum absolute atomic E-state index is 0.688. The second kappa shape index (κ2) is 5.67. The third-order valence-electron chi connectivity index (χ3n) is 3.24. The molecule has 2 rings (SSSR count). The van der Waals surface area contributed by atoms with Crippen LogP contribution in [0.5, 0.6) is 0 Å². The van der Waals surface area contributed by atoms with Crippen LogP contribution in [-0.4, -0.2) is 13.1 Å². The van der Waals surface area contributed by atoms with E-state index in [9.17, 15) is 0 Å². The fourth-order valence-electron chi connectivity index (χ4n) is 2.28. The van der Waals surface area contributed by atoms with Crippen LogP contribution in [0.15, 0.2) is 24.3 Å². The van der Waals surface area contributed by atoms with Gasteiger partial charge in [-0.05, 0) is 36.9 Å². The summed E-state index contributed by atoms with van der Waals surface area (Å²) in [5.74, 6) is 0.715. The van der Waals surface area contributed by atoms with Crippen molar-refractivity contribution in [3.8, 4) is 6.07 Å². The zero-order chi connectivity index (χ0) is 11.2. The lowest BCUT2D eigenvalue weighted by Gasteiger charge is -2.30. The molecule has 0 saturated heterocycles. The maximum Gasteiger partial charge on any atom is 0.0621 e. The summed E-state index contributed by atoms with van der Waals surface area (Å²) in [6, 6.07) is 10.9. The van der Waals surface area contributed by atoms with Crippen LogP contribution in [0.2, 0.25) is 0 Å². The van der Waals surface area contributed by atoms with E-state index in [1.165, 1.54) is 17.5 Å². The van der Waals surface area contributed by atoms with E-state index in [1.807, 2.05) is 0 Å². The molecule has 84 valence electrons. The van der Waals surface area contributed by atoms with Crippen LogP contribution >= 0.6 is 0 Å². The molecule has 0 aromatic heterocycles. The molecule has 0 spiro atoms. The maximum absolute atomic E-state index is 8.40. The van der Waals surface area contributed by atoms with Crippen molar-refractivity contribution < 1.29 is 0 Å². The predicted molar refractivity (Wildman–Crippen MR) is 65.2 cm³/mol. The summed E-state index contributed by atoms with van der Waals surface area (Å²) in [6.45, 7) is 2.13. The molecule has 16 heavy (non-hydrogen) atoms. The van der Waals surface area contributed by atoms with Crippen molar-refractivity contribution in [3.63, 3.8) is 0 Å². The molecule has 1 unspecified atom stereocenters. The Labute approximate surface area is 97.3 Å². The average molecular weight is 214 g/mol. The van der Waals surface area contributed by atoms with Gasteiger partial charge >= 0.3 is 0 Å². The first-order valence-corrected chi connectivity index (χ1v) is 6.07. The Kier molecular flexibility index (Phi) is 3.96. The Morgan fingerprint density at radius 1 is 1.31 bits per heavy atom. The summed E-state index contributed by atoms with van der Waals surface area (Å²) in [5, 5.41) is 11.9. The smallest absolute Gasteiger partial charge is 0.0621 e. The topological polar surface area (TPSA) is 35.8 Å².